The van der Waals surface area contributed by atoms with Gasteiger partial charge in [0.1, 0.15) is 0 Å². The zero-order valence-corrected chi connectivity index (χ0v) is 10.7. The first-order valence-electron chi connectivity index (χ1n) is 5.82. The van der Waals surface area contributed by atoms with Gasteiger partial charge in [0.15, 0.2) is 0 Å². The Morgan fingerprint density at radius 3 is 2.43 bits per heavy atom. The van der Waals surface area contributed by atoms with Crippen LogP contribution in [0.4, 0.5) is 0 Å². The molecule has 0 aromatic carbocycles. The van der Waals surface area contributed by atoms with E-state index in [0.717, 1.165) is 17.6 Å². The maximum Gasteiger partial charge on any atom is 0.0135 e. The number of thioether (sulfide) groups is 1. The SMILES string of the molecule is C=CCSC1(C)CCC(C(C)C)CC1. The van der Waals surface area contributed by atoms with Gasteiger partial charge in [-0.2, -0.15) is 11.8 Å². The Morgan fingerprint density at radius 2 is 2.00 bits per heavy atom. The first-order chi connectivity index (χ1) is 6.57. The van der Waals surface area contributed by atoms with E-state index in [2.05, 4.69) is 39.1 Å². The highest BCUT2D eigenvalue weighted by Gasteiger charge is 2.31. The van der Waals surface area contributed by atoms with Crippen molar-refractivity contribution in [3.8, 4) is 0 Å². The second-order valence-electron chi connectivity index (χ2n) is 5.13. The van der Waals surface area contributed by atoms with E-state index in [1.165, 1.54) is 25.7 Å². The van der Waals surface area contributed by atoms with Crippen LogP contribution < -0.4 is 0 Å². The van der Waals surface area contributed by atoms with Crippen LogP contribution in [0.15, 0.2) is 12.7 Å². The van der Waals surface area contributed by atoms with Crippen LogP contribution in [0.1, 0.15) is 46.5 Å². The van der Waals surface area contributed by atoms with Gasteiger partial charge >= 0.3 is 0 Å². The summed E-state index contributed by atoms with van der Waals surface area (Å²) in [5.41, 5.74) is 0. The topological polar surface area (TPSA) is 0 Å². The molecule has 0 atom stereocenters. The van der Waals surface area contributed by atoms with Gasteiger partial charge in [-0.25, -0.2) is 0 Å². The van der Waals surface area contributed by atoms with Crippen LogP contribution in [0, 0.1) is 11.8 Å². The van der Waals surface area contributed by atoms with Crippen LogP contribution in [-0.4, -0.2) is 10.5 Å². The third kappa shape index (κ3) is 3.34. The van der Waals surface area contributed by atoms with E-state index in [-0.39, 0.29) is 0 Å². The van der Waals surface area contributed by atoms with Crippen LogP contribution in [-0.2, 0) is 0 Å². The fourth-order valence-corrected chi connectivity index (χ4v) is 3.37. The van der Waals surface area contributed by atoms with Gasteiger partial charge in [0.25, 0.3) is 0 Å². The summed E-state index contributed by atoms with van der Waals surface area (Å²) in [6.07, 6.45) is 7.68. The summed E-state index contributed by atoms with van der Waals surface area (Å²) < 4.78 is 0.541. The van der Waals surface area contributed by atoms with Crippen molar-refractivity contribution in [2.45, 2.75) is 51.2 Å². The summed E-state index contributed by atoms with van der Waals surface area (Å²) in [6.45, 7) is 11.0. The molecular weight excluding hydrogens is 188 g/mol. The summed E-state index contributed by atoms with van der Waals surface area (Å²) in [5, 5.41) is 0. The van der Waals surface area contributed by atoms with Crippen molar-refractivity contribution in [1.82, 2.24) is 0 Å². The zero-order valence-electron chi connectivity index (χ0n) is 9.88. The quantitative estimate of drug-likeness (QED) is 0.618. The Morgan fingerprint density at radius 1 is 1.43 bits per heavy atom. The lowest BCUT2D eigenvalue weighted by Crippen LogP contribution is -2.29. The minimum absolute atomic E-state index is 0.541. The highest BCUT2D eigenvalue weighted by atomic mass is 32.2. The Hall–Kier alpha value is 0.0900. The summed E-state index contributed by atoms with van der Waals surface area (Å²) in [5.74, 6) is 2.97. The molecule has 0 unspecified atom stereocenters. The monoisotopic (exact) mass is 212 g/mol. The maximum absolute atomic E-state index is 3.80. The first-order valence-corrected chi connectivity index (χ1v) is 6.81. The fraction of sp³-hybridized carbons (Fsp3) is 0.846. The smallest absolute Gasteiger partial charge is 0.0135 e. The second kappa shape index (κ2) is 5.25. The third-order valence-electron chi connectivity index (χ3n) is 3.58. The van der Waals surface area contributed by atoms with E-state index >= 15 is 0 Å². The Bertz CT molecular complexity index is 176. The van der Waals surface area contributed by atoms with Gasteiger partial charge in [0, 0.05) is 10.5 Å². The molecule has 0 amide bonds. The molecule has 0 spiro atoms. The average Bonchev–Trinajstić information content (AvgIpc) is 2.16. The van der Waals surface area contributed by atoms with Crippen molar-refractivity contribution < 1.29 is 0 Å². The first kappa shape index (κ1) is 12.2. The average molecular weight is 212 g/mol. The van der Waals surface area contributed by atoms with Crippen LogP contribution in [0.5, 0.6) is 0 Å². The van der Waals surface area contributed by atoms with Crippen molar-refractivity contribution in [3.05, 3.63) is 12.7 Å². The molecule has 1 heteroatoms. The van der Waals surface area contributed by atoms with E-state index in [9.17, 15) is 0 Å². The molecule has 0 aliphatic heterocycles. The van der Waals surface area contributed by atoms with Crippen LogP contribution in [0.3, 0.4) is 0 Å². The minimum Gasteiger partial charge on any atom is -0.151 e. The van der Waals surface area contributed by atoms with Crippen LogP contribution in [0.25, 0.3) is 0 Å². The molecule has 0 saturated heterocycles. The lowest BCUT2D eigenvalue weighted by molar-refractivity contribution is 0.251. The predicted molar refractivity (Wildman–Crippen MR) is 67.9 cm³/mol. The lowest BCUT2D eigenvalue weighted by Gasteiger charge is -2.38. The zero-order chi connectivity index (χ0) is 10.6. The molecule has 1 aliphatic carbocycles. The number of hydrogen-bond acceptors (Lipinski definition) is 1. The molecular formula is C13H24S. The van der Waals surface area contributed by atoms with Crippen LogP contribution in [0.2, 0.25) is 0 Å². The summed E-state index contributed by atoms with van der Waals surface area (Å²) in [7, 11) is 0. The number of rotatable bonds is 4. The molecule has 1 saturated carbocycles. The highest BCUT2D eigenvalue weighted by Crippen LogP contribution is 2.43. The third-order valence-corrected chi connectivity index (χ3v) is 5.09. The fourth-order valence-electron chi connectivity index (χ4n) is 2.32. The minimum atomic E-state index is 0.541. The van der Waals surface area contributed by atoms with Gasteiger partial charge in [0.2, 0.25) is 0 Å². The van der Waals surface area contributed by atoms with Gasteiger partial charge in [0.05, 0.1) is 0 Å². The molecule has 0 radical (unpaired) electrons. The van der Waals surface area contributed by atoms with Crippen molar-refractivity contribution >= 4 is 11.8 Å². The lowest BCUT2D eigenvalue weighted by atomic mass is 9.77. The van der Waals surface area contributed by atoms with Gasteiger partial charge in [-0.3, -0.25) is 0 Å². The molecule has 0 nitrogen and oxygen atoms in total. The van der Waals surface area contributed by atoms with E-state index in [1.807, 2.05) is 6.08 Å². The van der Waals surface area contributed by atoms with Crippen molar-refractivity contribution in [3.63, 3.8) is 0 Å². The van der Waals surface area contributed by atoms with Crippen molar-refractivity contribution in [2.24, 2.45) is 11.8 Å². The molecule has 82 valence electrons. The molecule has 0 aromatic heterocycles. The molecule has 0 aromatic rings. The maximum atomic E-state index is 3.80. The Balaban J connectivity index is 2.36. The summed E-state index contributed by atoms with van der Waals surface area (Å²) in [4.78, 5) is 0. The van der Waals surface area contributed by atoms with Crippen LogP contribution >= 0.6 is 11.8 Å². The highest BCUT2D eigenvalue weighted by molar-refractivity contribution is 8.00. The van der Waals surface area contributed by atoms with Gasteiger partial charge in [-0.1, -0.05) is 26.8 Å². The molecule has 1 aliphatic rings. The van der Waals surface area contributed by atoms with Crippen molar-refractivity contribution in [2.75, 3.05) is 5.75 Å². The standard InChI is InChI=1S/C13H24S/c1-5-10-14-13(4)8-6-12(7-9-13)11(2)3/h5,11-12H,1,6-10H2,2-4H3. The van der Waals surface area contributed by atoms with Gasteiger partial charge in [-0.15, -0.1) is 6.58 Å². The van der Waals surface area contributed by atoms with Gasteiger partial charge in [-0.05, 0) is 37.5 Å². The van der Waals surface area contributed by atoms with E-state index in [0.29, 0.717) is 4.75 Å². The van der Waals surface area contributed by atoms with Gasteiger partial charge < -0.3 is 0 Å². The predicted octanol–water partition coefficient (Wildman–Crippen LogP) is 4.51. The summed E-state index contributed by atoms with van der Waals surface area (Å²) >= 11 is 2.10. The van der Waals surface area contributed by atoms with E-state index in [4.69, 9.17) is 0 Å². The van der Waals surface area contributed by atoms with E-state index in [1.54, 1.807) is 0 Å². The molecule has 0 N–H and O–H groups in total. The molecule has 0 heterocycles. The largest absolute Gasteiger partial charge is 0.151 e. The molecule has 14 heavy (non-hydrogen) atoms. The number of hydrogen-bond donors (Lipinski definition) is 0. The molecule has 1 rings (SSSR count). The molecule has 1 fully saturated rings. The Labute approximate surface area is 93.5 Å². The van der Waals surface area contributed by atoms with Crippen molar-refractivity contribution in [1.29, 1.82) is 0 Å². The summed E-state index contributed by atoms with van der Waals surface area (Å²) in [6, 6.07) is 0. The van der Waals surface area contributed by atoms with E-state index < -0.39 is 0 Å². The molecule has 0 bridgehead atoms. The second-order valence-corrected chi connectivity index (χ2v) is 6.74. The normalized spacial score (nSPS) is 33.3. The Kier molecular flexibility index (Phi) is 4.56.